The Morgan fingerprint density at radius 1 is 1.28 bits per heavy atom. The predicted molar refractivity (Wildman–Crippen MR) is 81.7 cm³/mol. The lowest BCUT2D eigenvalue weighted by Crippen LogP contribution is -2.25. The number of hydrogen-bond donors (Lipinski definition) is 1. The maximum atomic E-state index is 4.52. The maximum absolute atomic E-state index is 4.52. The molecule has 0 spiro atoms. The first-order valence-corrected chi connectivity index (χ1v) is 7.81. The molecule has 0 amide bonds. The van der Waals surface area contributed by atoms with Gasteiger partial charge in [0.05, 0.1) is 5.69 Å². The first-order chi connectivity index (χ1) is 8.56. The van der Waals surface area contributed by atoms with E-state index in [1.54, 1.807) is 11.3 Å². The van der Waals surface area contributed by atoms with E-state index in [1.807, 2.05) is 0 Å². The summed E-state index contributed by atoms with van der Waals surface area (Å²) in [6, 6.07) is 0.505. The van der Waals surface area contributed by atoms with Crippen molar-refractivity contribution < 1.29 is 0 Å². The third-order valence-corrected chi connectivity index (χ3v) is 4.41. The number of thiazole rings is 1. The van der Waals surface area contributed by atoms with Crippen LogP contribution in [0.4, 0.5) is 5.13 Å². The van der Waals surface area contributed by atoms with Gasteiger partial charge in [0.2, 0.25) is 0 Å². The van der Waals surface area contributed by atoms with Gasteiger partial charge in [-0.25, -0.2) is 4.98 Å². The highest BCUT2D eigenvalue weighted by molar-refractivity contribution is 7.15. The molecule has 1 N–H and O–H groups in total. The van der Waals surface area contributed by atoms with Crippen LogP contribution < -0.4 is 5.32 Å². The van der Waals surface area contributed by atoms with Crippen molar-refractivity contribution in [2.75, 3.05) is 25.0 Å². The van der Waals surface area contributed by atoms with Crippen LogP contribution in [0.1, 0.15) is 44.2 Å². The van der Waals surface area contributed by atoms with Crippen LogP contribution in [0.25, 0.3) is 0 Å². The standard InChI is InChI=1S/C14H27N3S/c1-6-17(7-2)10-8-9-11(3)15-14-16-12(4)13(5)18-14/h11H,6-10H2,1-5H3,(H,15,16). The molecule has 18 heavy (non-hydrogen) atoms. The maximum Gasteiger partial charge on any atom is 0.183 e. The monoisotopic (exact) mass is 269 g/mol. The van der Waals surface area contributed by atoms with Crippen molar-refractivity contribution in [3.8, 4) is 0 Å². The van der Waals surface area contributed by atoms with E-state index in [1.165, 1.54) is 24.3 Å². The van der Waals surface area contributed by atoms with Gasteiger partial charge in [0.25, 0.3) is 0 Å². The number of hydrogen-bond acceptors (Lipinski definition) is 4. The lowest BCUT2D eigenvalue weighted by Gasteiger charge is -2.19. The molecule has 0 saturated carbocycles. The molecule has 4 heteroatoms. The Bertz CT molecular complexity index is 325. The highest BCUT2D eigenvalue weighted by atomic mass is 32.1. The third-order valence-electron chi connectivity index (χ3n) is 3.40. The van der Waals surface area contributed by atoms with Gasteiger partial charge in [-0.05, 0) is 53.2 Å². The van der Waals surface area contributed by atoms with Gasteiger partial charge >= 0.3 is 0 Å². The van der Waals surface area contributed by atoms with Crippen molar-refractivity contribution in [3.63, 3.8) is 0 Å². The average molecular weight is 269 g/mol. The second-order valence-electron chi connectivity index (χ2n) is 4.88. The molecule has 0 aliphatic heterocycles. The summed E-state index contributed by atoms with van der Waals surface area (Å²) in [5.41, 5.74) is 1.15. The van der Waals surface area contributed by atoms with Gasteiger partial charge in [-0.2, -0.15) is 0 Å². The number of aryl methyl sites for hydroxylation is 2. The largest absolute Gasteiger partial charge is 0.359 e. The molecular formula is C14H27N3S. The Hall–Kier alpha value is -0.610. The molecular weight excluding hydrogens is 242 g/mol. The van der Waals surface area contributed by atoms with Crippen LogP contribution in [-0.2, 0) is 0 Å². The molecule has 1 heterocycles. The third kappa shape index (κ3) is 4.94. The zero-order valence-electron chi connectivity index (χ0n) is 12.4. The Morgan fingerprint density at radius 3 is 2.44 bits per heavy atom. The Labute approximate surface area is 116 Å². The van der Waals surface area contributed by atoms with Crippen LogP contribution in [0.2, 0.25) is 0 Å². The van der Waals surface area contributed by atoms with E-state index in [-0.39, 0.29) is 0 Å². The second-order valence-corrected chi connectivity index (χ2v) is 6.08. The fourth-order valence-corrected chi connectivity index (χ4v) is 2.90. The SMILES string of the molecule is CCN(CC)CCCC(C)Nc1nc(C)c(C)s1. The normalized spacial score (nSPS) is 13.0. The lowest BCUT2D eigenvalue weighted by molar-refractivity contribution is 0.295. The van der Waals surface area contributed by atoms with Crippen molar-refractivity contribution in [1.82, 2.24) is 9.88 Å². The van der Waals surface area contributed by atoms with E-state index in [2.05, 4.69) is 49.8 Å². The minimum absolute atomic E-state index is 0.505. The van der Waals surface area contributed by atoms with Gasteiger partial charge in [-0.1, -0.05) is 13.8 Å². The summed E-state index contributed by atoms with van der Waals surface area (Å²) < 4.78 is 0. The van der Waals surface area contributed by atoms with Crippen molar-refractivity contribution in [1.29, 1.82) is 0 Å². The smallest absolute Gasteiger partial charge is 0.183 e. The fourth-order valence-electron chi connectivity index (χ4n) is 1.98. The van der Waals surface area contributed by atoms with E-state index >= 15 is 0 Å². The van der Waals surface area contributed by atoms with Gasteiger partial charge in [0, 0.05) is 10.9 Å². The van der Waals surface area contributed by atoms with Gasteiger partial charge < -0.3 is 10.2 Å². The van der Waals surface area contributed by atoms with Gasteiger partial charge in [0.1, 0.15) is 0 Å². The number of nitrogens with zero attached hydrogens (tertiary/aromatic N) is 2. The van der Waals surface area contributed by atoms with Crippen molar-refractivity contribution in [3.05, 3.63) is 10.6 Å². The van der Waals surface area contributed by atoms with E-state index in [0.29, 0.717) is 6.04 Å². The number of aromatic nitrogens is 1. The van der Waals surface area contributed by atoms with Crippen LogP contribution in [0.5, 0.6) is 0 Å². The summed E-state index contributed by atoms with van der Waals surface area (Å²) in [5.74, 6) is 0. The molecule has 0 aromatic carbocycles. The van der Waals surface area contributed by atoms with Crippen LogP contribution in [-0.4, -0.2) is 35.6 Å². The number of nitrogens with one attached hydrogen (secondary N) is 1. The Morgan fingerprint density at radius 2 is 1.94 bits per heavy atom. The summed E-state index contributed by atoms with van der Waals surface area (Å²) in [7, 11) is 0. The minimum atomic E-state index is 0.505. The second kappa shape index (κ2) is 7.74. The van der Waals surface area contributed by atoms with E-state index in [4.69, 9.17) is 0 Å². The van der Waals surface area contributed by atoms with Gasteiger partial charge in [-0.15, -0.1) is 11.3 Å². The quantitative estimate of drug-likeness (QED) is 0.780. The molecule has 1 atom stereocenters. The molecule has 0 aliphatic rings. The topological polar surface area (TPSA) is 28.2 Å². The summed E-state index contributed by atoms with van der Waals surface area (Å²) in [4.78, 5) is 8.31. The van der Waals surface area contributed by atoms with Crippen molar-refractivity contribution in [2.45, 2.75) is 53.5 Å². The van der Waals surface area contributed by atoms with Crippen LogP contribution in [0, 0.1) is 13.8 Å². The number of rotatable bonds is 8. The molecule has 0 aliphatic carbocycles. The zero-order chi connectivity index (χ0) is 13.5. The molecule has 3 nitrogen and oxygen atoms in total. The molecule has 104 valence electrons. The van der Waals surface area contributed by atoms with E-state index in [0.717, 1.165) is 23.9 Å². The minimum Gasteiger partial charge on any atom is -0.359 e. The summed E-state index contributed by atoms with van der Waals surface area (Å²) in [6.07, 6.45) is 2.45. The Kier molecular flexibility index (Phi) is 6.65. The highest BCUT2D eigenvalue weighted by Crippen LogP contribution is 2.22. The molecule has 1 rings (SSSR count). The molecule has 0 saturated heterocycles. The van der Waals surface area contributed by atoms with Crippen LogP contribution in [0.15, 0.2) is 0 Å². The summed E-state index contributed by atoms with van der Waals surface area (Å²) in [6.45, 7) is 14.4. The molecule has 0 radical (unpaired) electrons. The highest BCUT2D eigenvalue weighted by Gasteiger charge is 2.08. The van der Waals surface area contributed by atoms with Crippen LogP contribution >= 0.6 is 11.3 Å². The molecule has 0 bridgehead atoms. The summed E-state index contributed by atoms with van der Waals surface area (Å²) >= 11 is 1.76. The van der Waals surface area contributed by atoms with E-state index in [9.17, 15) is 0 Å². The van der Waals surface area contributed by atoms with Gasteiger partial charge in [-0.3, -0.25) is 0 Å². The van der Waals surface area contributed by atoms with Crippen LogP contribution in [0.3, 0.4) is 0 Å². The number of anilines is 1. The van der Waals surface area contributed by atoms with E-state index < -0.39 is 0 Å². The first kappa shape index (κ1) is 15.4. The molecule has 0 fully saturated rings. The molecule has 1 aromatic rings. The molecule has 1 unspecified atom stereocenters. The van der Waals surface area contributed by atoms with Crippen molar-refractivity contribution in [2.24, 2.45) is 0 Å². The first-order valence-electron chi connectivity index (χ1n) is 6.99. The van der Waals surface area contributed by atoms with Gasteiger partial charge in [0.15, 0.2) is 5.13 Å². The predicted octanol–water partition coefficient (Wildman–Crippen LogP) is 3.68. The zero-order valence-corrected chi connectivity index (χ0v) is 13.2. The average Bonchev–Trinajstić information content (AvgIpc) is 2.64. The Balaban J connectivity index is 2.27. The van der Waals surface area contributed by atoms with Crippen molar-refractivity contribution >= 4 is 16.5 Å². The molecule has 1 aromatic heterocycles. The summed E-state index contributed by atoms with van der Waals surface area (Å²) in [5, 5.41) is 4.57. The lowest BCUT2D eigenvalue weighted by atomic mass is 10.2. The fraction of sp³-hybridized carbons (Fsp3) is 0.786.